The van der Waals surface area contributed by atoms with Crippen molar-refractivity contribution >= 4 is 28.9 Å². The summed E-state index contributed by atoms with van der Waals surface area (Å²) < 4.78 is 0. The number of benzene rings is 2. The zero-order valence-corrected chi connectivity index (χ0v) is 9.80. The Kier molecular flexibility index (Phi) is 2.57. The molecule has 0 saturated heterocycles. The van der Waals surface area contributed by atoms with Gasteiger partial charge in [-0.3, -0.25) is 5.10 Å². The van der Waals surface area contributed by atoms with Crippen LogP contribution >= 0.6 is 0 Å². The molecule has 1 aromatic heterocycles. The van der Waals surface area contributed by atoms with E-state index in [1.165, 1.54) is 5.56 Å². The fraction of sp³-hybridized carbons (Fsp3) is 0. The molecule has 3 N–H and O–H groups in total. The molecule has 0 radical (unpaired) electrons. The van der Waals surface area contributed by atoms with E-state index in [-0.39, 0.29) is 0 Å². The minimum Gasteiger partial charge on any atom is -0.382 e. The van der Waals surface area contributed by atoms with E-state index < -0.39 is 0 Å². The Morgan fingerprint density at radius 3 is 2.56 bits per heavy atom. The molecule has 3 heteroatoms. The first-order valence-electron chi connectivity index (χ1n) is 5.80. The van der Waals surface area contributed by atoms with Crippen LogP contribution in [-0.2, 0) is 0 Å². The fourth-order valence-corrected chi connectivity index (χ4v) is 1.91. The molecule has 0 aliphatic rings. The van der Waals surface area contributed by atoms with Gasteiger partial charge in [0, 0.05) is 5.39 Å². The number of rotatable bonds is 2. The van der Waals surface area contributed by atoms with Crippen LogP contribution in [0.5, 0.6) is 0 Å². The second-order valence-corrected chi connectivity index (χ2v) is 4.16. The van der Waals surface area contributed by atoms with E-state index in [2.05, 4.69) is 34.5 Å². The number of anilines is 1. The molecule has 3 aromatic rings. The Hall–Kier alpha value is -2.55. The summed E-state index contributed by atoms with van der Waals surface area (Å²) in [6.45, 7) is 0. The topological polar surface area (TPSA) is 54.7 Å². The van der Waals surface area contributed by atoms with Gasteiger partial charge in [-0.15, -0.1) is 0 Å². The minimum absolute atomic E-state index is 0.542. The van der Waals surface area contributed by atoms with Crippen molar-refractivity contribution in [3.05, 3.63) is 59.7 Å². The van der Waals surface area contributed by atoms with Gasteiger partial charge in [-0.25, -0.2) is 0 Å². The molecule has 0 amide bonds. The normalized spacial score (nSPS) is 11.3. The number of H-pyrrole nitrogens is 1. The van der Waals surface area contributed by atoms with Crippen LogP contribution in [0.4, 0.5) is 5.82 Å². The summed E-state index contributed by atoms with van der Waals surface area (Å²) in [5.41, 5.74) is 9.04. The highest BCUT2D eigenvalue weighted by molar-refractivity contribution is 5.91. The highest BCUT2D eigenvalue weighted by Gasteiger charge is 2.01. The van der Waals surface area contributed by atoms with Gasteiger partial charge in [-0.2, -0.15) is 5.10 Å². The maximum Gasteiger partial charge on any atom is 0.153 e. The number of fused-ring (bicyclic) bond motifs is 1. The Morgan fingerprint density at radius 2 is 1.72 bits per heavy atom. The van der Waals surface area contributed by atoms with Crippen LogP contribution in [0.2, 0.25) is 0 Å². The van der Waals surface area contributed by atoms with Crippen molar-refractivity contribution in [3.63, 3.8) is 0 Å². The third-order valence-electron chi connectivity index (χ3n) is 2.88. The van der Waals surface area contributed by atoms with Crippen molar-refractivity contribution in [1.29, 1.82) is 0 Å². The van der Waals surface area contributed by atoms with Gasteiger partial charge in [0.1, 0.15) is 0 Å². The third-order valence-corrected chi connectivity index (χ3v) is 2.88. The summed E-state index contributed by atoms with van der Waals surface area (Å²) >= 11 is 0. The molecule has 0 atom stereocenters. The number of nitrogens with two attached hydrogens (primary N) is 1. The molecule has 18 heavy (non-hydrogen) atoms. The molecule has 1 heterocycles. The summed E-state index contributed by atoms with van der Waals surface area (Å²) in [4.78, 5) is 0. The quantitative estimate of drug-likeness (QED) is 0.669. The molecule has 2 aromatic carbocycles. The van der Waals surface area contributed by atoms with Crippen LogP contribution < -0.4 is 5.73 Å². The molecule has 3 nitrogen and oxygen atoms in total. The summed E-state index contributed by atoms with van der Waals surface area (Å²) in [5, 5.41) is 7.84. The van der Waals surface area contributed by atoms with Crippen LogP contribution in [0.3, 0.4) is 0 Å². The van der Waals surface area contributed by atoms with E-state index in [0.717, 1.165) is 16.5 Å². The summed E-state index contributed by atoms with van der Waals surface area (Å²) in [5.74, 6) is 0.542. The van der Waals surface area contributed by atoms with E-state index in [1.807, 2.05) is 36.4 Å². The predicted octanol–water partition coefficient (Wildman–Crippen LogP) is 3.32. The van der Waals surface area contributed by atoms with E-state index >= 15 is 0 Å². The summed E-state index contributed by atoms with van der Waals surface area (Å²) in [6.07, 6.45) is 4.15. The SMILES string of the molecule is Nc1n[nH]c2ccc(/C=C\c3ccccc3)cc12. The first kappa shape index (κ1) is 10.6. The lowest BCUT2D eigenvalue weighted by Crippen LogP contribution is -1.83. The molecular formula is C15H13N3. The molecule has 0 bridgehead atoms. The first-order chi connectivity index (χ1) is 8.83. The molecular weight excluding hydrogens is 222 g/mol. The van der Waals surface area contributed by atoms with Crippen molar-refractivity contribution in [2.24, 2.45) is 0 Å². The largest absolute Gasteiger partial charge is 0.382 e. The first-order valence-corrected chi connectivity index (χ1v) is 5.80. The molecule has 0 unspecified atom stereocenters. The highest BCUT2D eigenvalue weighted by Crippen LogP contribution is 2.20. The maximum atomic E-state index is 5.79. The van der Waals surface area contributed by atoms with Crippen molar-refractivity contribution < 1.29 is 0 Å². The van der Waals surface area contributed by atoms with Gasteiger partial charge in [-0.05, 0) is 23.3 Å². The number of aromatic nitrogens is 2. The van der Waals surface area contributed by atoms with E-state index in [0.29, 0.717) is 5.82 Å². The van der Waals surface area contributed by atoms with Crippen LogP contribution in [0, 0.1) is 0 Å². The average Bonchev–Trinajstić information content (AvgIpc) is 2.79. The second kappa shape index (κ2) is 4.37. The lowest BCUT2D eigenvalue weighted by molar-refractivity contribution is 1.13. The molecule has 3 rings (SSSR count). The maximum absolute atomic E-state index is 5.79. The molecule has 0 aliphatic heterocycles. The van der Waals surface area contributed by atoms with Gasteiger partial charge in [0.15, 0.2) is 5.82 Å². The zero-order chi connectivity index (χ0) is 12.4. The van der Waals surface area contributed by atoms with Crippen LogP contribution in [0.1, 0.15) is 11.1 Å². The number of hydrogen-bond donors (Lipinski definition) is 2. The second-order valence-electron chi connectivity index (χ2n) is 4.16. The molecule has 0 saturated carbocycles. The van der Waals surface area contributed by atoms with E-state index in [1.54, 1.807) is 0 Å². The Balaban J connectivity index is 1.95. The molecule has 88 valence electrons. The number of nitrogens with zero attached hydrogens (tertiary/aromatic N) is 1. The van der Waals surface area contributed by atoms with Crippen molar-refractivity contribution in [3.8, 4) is 0 Å². The van der Waals surface area contributed by atoms with Crippen molar-refractivity contribution in [2.45, 2.75) is 0 Å². The summed E-state index contributed by atoms with van der Waals surface area (Å²) in [7, 11) is 0. The van der Waals surface area contributed by atoms with Gasteiger partial charge in [-0.1, -0.05) is 48.6 Å². The van der Waals surface area contributed by atoms with Crippen LogP contribution in [0.25, 0.3) is 23.1 Å². The van der Waals surface area contributed by atoms with Crippen LogP contribution in [0.15, 0.2) is 48.5 Å². The summed E-state index contributed by atoms with van der Waals surface area (Å²) in [6, 6.07) is 16.3. The Morgan fingerprint density at radius 1 is 0.944 bits per heavy atom. The lowest BCUT2D eigenvalue weighted by atomic mass is 10.1. The minimum atomic E-state index is 0.542. The van der Waals surface area contributed by atoms with Gasteiger partial charge in [0.05, 0.1) is 5.52 Å². The fourth-order valence-electron chi connectivity index (χ4n) is 1.91. The standard InChI is InChI=1S/C15H13N3/c16-15-13-10-12(8-9-14(13)17-18-15)7-6-11-4-2-1-3-5-11/h1-10H,(H3,16,17,18)/b7-6-. The Bertz CT molecular complexity index is 696. The molecule has 0 fully saturated rings. The zero-order valence-electron chi connectivity index (χ0n) is 9.80. The smallest absolute Gasteiger partial charge is 0.153 e. The van der Waals surface area contributed by atoms with Crippen molar-refractivity contribution in [2.75, 3.05) is 5.73 Å². The van der Waals surface area contributed by atoms with Gasteiger partial charge in [0.25, 0.3) is 0 Å². The lowest BCUT2D eigenvalue weighted by Gasteiger charge is -1.95. The number of nitrogens with one attached hydrogen (secondary N) is 1. The number of aromatic amines is 1. The average molecular weight is 235 g/mol. The van der Waals surface area contributed by atoms with E-state index in [9.17, 15) is 0 Å². The third kappa shape index (κ3) is 1.98. The van der Waals surface area contributed by atoms with Gasteiger partial charge in [0.2, 0.25) is 0 Å². The highest BCUT2D eigenvalue weighted by atomic mass is 15.1. The van der Waals surface area contributed by atoms with Gasteiger partial charge >= 0.3 is 0 Å². The predicted molar refractivity (Wildman–Crippen MR) is 75.9 cm³/mol. The monoisotopic (exact) mass is 235 g/mol. The molecule has 0 spiro atoms. The Labute approximate surface area is 105 Å². The molecule has 0 aliphatic carbocycles. The van der Waals surface area contributed by atoms with Crippen molar-refractivity contribution in [1.82, 2.24) is 10.2 Å². The van der Waals surface area contributed by atoms with Crippen LogP contribution in [-0.4, -0.2) is 10.2 Å². The van der Waals surface area contributed by atoms with Gasteiger partial charge < -0.3 is 5.73 Å². The van der Waals surface area contributed by atoms with E-state index in [4.69, 9.17) is 5.73 Å². The number of hydrogen-bond acceptors (Lipinski definition) is 2. The number of nitrogen functional groups attached to an aromatic ring is 1.